The molecule has 1 aliphatic rings. The molecular weight excluding hydrogens is 222 g/mol. The normalized spacial score (nSPS) is 22.6. The van der Waals surface area contributed by atoms with E-state index in [2.05, 4.69) is 36.2 Å². The van der Waals surface area contributed by atoms with Crippen molar-refractivity contribution in [2.75, 3.05) is 0 Å². The van der Waals surface area contributed by atoms with E-state index in [1.807, 2.05) is 6.07 Å². The van der Waals surface area contributed by atoms with Crippen molar-refractivity contribution in [1.82, 2.24) is 4.98 Å². The second-order valence-corrected chi connectivity index (χ2v) is 5.20. The Morgan fingerprint density at radius 2 is 2.17 bits per heavy atom. The first-order valence-corrected chi connectivity index (χ1v) is 6.87. The lowest BCUT2D eigenvalue weighted by molar-refractivity contribution is 0.473. The maximum Gasteiger partial charge on any atom is 0.202 e. The Balaban J connectivity index is 1.94. The Bertz CT molecular complexity index is 567. The van der Waals surface area contributed by atoms with E-state index in [4.69, 9.17) is 4.42 Å². The Morgan fingerprint density at radius 3 is 3.11 bits per heavy atom. The van der Waals surface area contributed by atoms with Gasteiger partial charge in [-0.15, -0.1) is 0 Å². The lowest BCUT2D eigenvalue weighted by atomic mass is 9.97. The highest BCUT2D eigenvalue weighted by molar-refractivity contribution is 5.73. The number of rotatable bonds is 1. The highest BCUT2D eigenvalue weighted by Crippen LogP contribution is 2.29. The van der Waals surface area contributed by atoms with Crippen LogP contribution in [-0.4, -0.2) is 4.98 Å². The van der Waals surface area contributed by atoms with Crippen LogP contribution in [-0.2, 0) is 0 Å². The minimum absolute atomic E-state index is 0.359. The lowest BCUT2D eigenvalue weighted by Gasteiger charge is -2.11. The van der Waals surface area contributed by atoms with Gasteiger partial charge in [-0.05, 0) is 43.9 Å². The van der Waals surface area contributed by atoms with Crippen LogP contribution in [0.15, 0.2) is 34.8 Å². The summed E-state index contributed by atoms with van der Waals surface area (Å²) in [5, 5.41) is 0. The van der Waals surface area contributed by atoms with Gasteiger partial charge in [0.2, 0.25) is 5.89 Å². The Hall–Kier alpha value is -1.57. The zero-order chi connectivity index (χ0) is 12.4. The fraction of sp³-hybridized carbons (Fsp3) is 0.438. The molecule has 1 heterocycles. The first-order chi connectivity index (χ1) is 8.83. The van der Waals surface area contributed by atoms with E-state index in [1.54, 1.807) is 0 Å². The van der Waals surface area contributed by atoms with Gasteiger partial charge in [0.05, 0.1) is 5.92 Å². The number of aromatic nitrogens is 1. The van der Waals surface area contributed by atoms with Crippen molar-refractivity contribution in [2.45, 2.75) is 44.9 Å². The summed E-state index contributed by atoms with van der Waals surface area (Å²) in [6.07, 6.45) is 10.8. The topological polar surface area (TPSA) is 26.0 Å². The molecule has 0 N–H and O–H groups in total. The molecule has 2 nitrogen and oxygen atoms in total. The van der Waals surface area contributed by atoms with Crippen LogP contribution in [0.1, 0.15) is 49.5 Å². The van der Waals surface area contributed by atoms with E-state index in [0.717, 1.165) is 23.4 Å². The molecular formula is C16H19NO. The second kappa shape index (κ2) is 4.97. The number of aryl methyl sites for hydroxylation is 1. The number of hydrogen-bond donors (Lipinski definition) is 0. The molecule has 1 aromatic carbocycles. The van der Waals surface area contributed by atoms with Crippen molar-refractivity contribution in [1.29, 1.82) is 0 Å². The van der Waals surface area contributed by atoms with Gasteiger partial charge in [0, 0.05) is 0 Å². The van der Waals surface area contributed by atoms with Gasteiger partial charge in [0.15, 0.2) is 5.58 Å². The molecule has 94 valence electrons. The Morgan fingerprint density at radius 1 is 1.22 bits per heavy atom. The van der Waals surface area contributed by atoms with Gasteiger partial charge in [-0.25, -0.2) is 4.98 Å². The molecule has 0 saturated carbocycles. The van der Waals surface area contributed by atoms with E-state index < -0.39 is 0 Å². The zero-order valence-corrected chi connectivity index (χ0v) is 10.9. The van der Waals surface area contributed by atoms with Crippen LogP contribution >= 0.6 is 0 Å². The minimum atomic E-state index is 0.359. The van der Waals surface area contributed by atoms with Crippen molar-refractivity contribution in [3.05, 3.63) is 41.8 Å². The number of fused-ring (bicyclic) bond motifs is 1. The lowest BCUT2D eigenvalue weighted by Crippen LogP contribution is -1.98. The summed E-state index contributed by atoms with van der Waals surface area (Å²) in [7, 11) is 0. The summed E-state index contributed by atoms with van der Waals surface area (Å²) >= 11 is 0. The van der Waals surface area contributed by atoms with Crippen LogP contribution in [0.2, 0.25) is 0 Å². The molecule has 18 heavy (non-hydrogen) atoms. The largest absolute Gasteiger partial charge is 0.440 e. The molecule has 0 fully saturated rings. The predicted molar refractivity (Wildman–Crippen MR) is 73.7 cm³/mol. The summed E-state index contributed by atoms with van der Waals surface area (Å²) in [4.78, 5) is 4.65. The molecule has 0 spiro atoms. The molecule has 2 aromatic rings. The highest BCUT2D eigenvalue weighted by atomic mass is 16.3. The third kappa shape index (κ3) is 2.33. The van der Waals surface area contributed by atoms with Crippen LogP contribution in [0, 0.1) is 6.92 Å². The fourth-order valence-electron chi connectivity index (χ4n) is 2.58. The molecule has 0 aliphatic heterocycles. The maximum absolute atomic E-state index is 5.90. The van der Waals surface area contributed by atoms with Gasteiger partial charge in [-0.3, -0.25) is 0 Å². The van der Waals surface area contributed by atoms with Crippen molar-refractivity contribution in [3.8, 4) is 0 Å². The van der Waals surface area contributed by atoms with Gasteiger partial charge in [0.25, 0.3) is 0 Å². The number of nitrogens with zero attached hydrogens (tertiary/aromatic N) is 1. The van der Waals surface area contributed by atoms with Gasteiger partial charge >= 0.3 is 0 Å². The van der Waals surface area contributed by atoms with E-state index >= 15 is 0 Å². The third-order valence-corrected chi connectivity index (χ3v) is 3.63. The molecule has 1 unspecified atom stereocenters. The molecule has 2 heteroatoms. The van der Waals surface area contributed by atoms with Gasteiger partial charge < -0.3 is 4.42 Å². The molecule has 1 aromatic heterocycles. The van der Waals surface area contributed by atoms with E-state index in [0.29, 0.717) is 5.92 Å². The number of oxazole rings is 1. The monoisotopic (exact) mass is 241 g/mol. The van der Waals surface area contributed by atoms with Gasteiger partial charge in [-0.1, -0.05) is 31.1 Å². The summed E-state index contributed by atoms with van der Waals surface area (Å²) in [5.41, 5.74) is 3.13. The molecule has 0 saturated heterocycles. The van der Waals surface area contributed by atoms with Crippen molar-refractivity contribution in [2.24, 2.45) is 0 Å². The number of allylic oxidation sites excluding steroid dienone is 2. The van der Waals surface area contributed by atoms with Crippen LogP contribution in [0.5, 0.6) is 0 Å². The van der Waals surface area contributed by atoms with E-state index in [9.17, 15) is 0 Å². The second-order valence-electron chi connectivity index (χ2n) is 5.20. The SMILES string of the molecule is Cc1ccc2oc(C3/C=C\CCCCC3)nc2c1. The molecule has 0 amide bonds. The van der Waals surface area contributed by atoms with Crippen LogP contribution < -0.4 is 0 Å². The molecule has 0 bridgehead atoms. The van der Waals surface area contributed by atoms with Crippen LogP contribution in [0.4, 0.5) is 0 Å². The smallest absolute Gasteiger partial charge is 0.202 e. The van der Waals surface area contributed by atoms with Crippen molar-refractivity contribution >= 4 is 11.1 Å². The number of benzene rings is 1. The fourth-order valence-corrected chi connectivity index (χ4v) is 2.58. The maximum atomic E-state index is 5.90. The number of hydrogen-bond acceptors (Lipinski definition) is 2. The summed E-state index contributed by atoms with van der Waals surface area (Å²) < 4.78 is 5.90. The molecule has 0 radical (unpaired) electrons. The Labute approximate surface area is 108 Å². The summed E-state index contributed by atoms with van der Waals surface area (Å²) in [6.45, 7) is 2.09. The zero-order valence-electron chi connectivity index (χ0n) is 10.9. The predicted octanol–water partition coefficient (Wildman–Crippen LogP) is 4.74. The van der Waals surface area contributed by atoms with Crippen molar-refractivity contribution < 1.29 is 4.42 Å². The molecule has 1 atom stereocenters. The van der Waals surface area contributed by atoms with Crippen LogP contribution in [0.3, 0.4) is 0 Å². The first kappa shape index (κ1) is 11.5. The van der Waals surface area contributed by atoms with Crippen molar-refractivity contribution in [3.63, 3.8) is 0 Å². The first-order valence-electron chi connectivity index (χ1n) is 6.87. The van der Waals surface area contributed by atoms with Gasteiger partial charge in [0.1, 0.15) is 5.52 Å². The standard InChI is InChI=1S/C16H19NO/c1-12-9-10-15-14(11-12)17-16(18-15)13-7-5-3-2-4-6-8-13/h5,7,9-11,13H,2-4,6,8H2,1H3/b7-5-. The van der Waals surface area contributed by atoms with Crippen LogP contribution in [0.25, 0.3) is 11.1 Å². The quantitative estimate of drug-likeness (QED) is 0.674. The van der Waals surface area contributed by atoms with E-state index in [-0.39, 0.29) is 0 Å². The molecule has 3 rings (SSSR count). The average Bonchev–Trinajstić information content (AvgIpc) is 2.71. The molecule has 1 aliphatic carbocycles. The summed E-state index contributed by atoms with van der Waals surface area (Å²) in [5.74, 6) is 1.24. The van der Waals surface area contributed by atoms with Gasteiger partial charge in [-0.2, -0.15) is 0 Å². The summed E-state index contributed by atoms with van der Waals surface area (Å²) in [6, 6.07) is 6.19. The highest BCUT2D eigenvalue weighted by Gasteiger charge is 2.16. The van der Waals surface area contributed by atoms with E-state index in [1.165, 1.54) is 31.2 Å². The minimum Gasteiger partial charge on any atom is -0.440 e. The Kier molecular flexibility index (Phi) is 3.18. The average molecular weight is 241 g/mol. The third-order valence-electron chi connectivity index (χ3n) is 3.63.